The van der Waals surface area contributed by atoms with Crippen LogP contribution in [0, 0.1) is 6.92 Å². The van der Waals surface area contributed by atoms with Gasteiger partial charge in [0.25, 0.3) is 0 Å². The lowest BCUT2D eigenvalue weighted by atomic mass is 10.5. The average molecular weight is 170 g/mol. The van der Waals surface area contributed by atoms with Gasteiger partial charge in [-0.15, -0.1) is 0 Å². The van der Waals surface area contributed by atoms with Crippen LogP contribution in [0.1, 0.15) is 18.4 Å². The molecule has 1 aromatic rings. The van der Waals surface area contributed by atoms with Gasteiger partial charge in [0.1, 0.15) is 5.82 Å². The molecule has 62 valence electrons. The van der Waals surface area contributed by atoms with Crippen molar-refractivity contribution in [2.24, 2.45) is 7.05 Å². The van der Waals surface area contributed by atoms with Gasteiger partial charge in [0.05, 0.1) is 5.75 Å². The lowest BCUT2D eigenvalue weighted by Crippen LogP contribution is -1.97. The first-order chi connectivity index (χ1) is 5.25. The van der Waals surface area contributed by atoms with Gasteiger partial charge in [-0.05, 0) is 12.7 Å². The maximum atomic E-state index is 4.29. The molecule has 0 saturated carbocycles. The van der Waals surface area contributed by atoms with Crippen LogP contribution in [0.15, 0.2) is 6.20 Å². The summed E-state index contributed by atoms with van der Waals surface area (Å²) in [7, 11) is 2.06. The van der Waals surface area contributed by atoms with Crippen molar-refractivity contribution in [2.45, 2.75) is 19.6 Å². The number of thioether (sulfide) groups is 1. The Morgan fingerprint density at radius 1 is 1.64 bits per heavy atom. The van der Waals surface area contributed by atoms with E-state index in [-0.39, 0.29) is 0 Å². The molecular weight excluding hydrogens is 156 g/mol. The highest BCUT2D eigenvalue weighted by molar-refractivity contribution is 7.98. The Labute approximate surface area is 72.0 Å². The molecule has 0 bridgehead atoms. The van der Waals surface area contributed by atoms with Gasteiger partial charge in [0, 0.05) is 18.9 Å². The summed E-state index contributed by atoms with van der Waals surface area (Å²) >= 11 is 1.91. The number of imidazole rings is 1. The van der Waals surface area contributed by atoms with Crippen molar-refractivity contribution in [3.63, 3.8) is 0 Å². The summed E-state index contributed by atoms with van der Waals surface area (Å²) in [6.07, 6.45) is 1.92. The van der Waals surface area contributed by atoms with Gasteiger partial charge in [-0.1, -0.05) is 6.92 Å². The fraction of sp³-hybridized carbons (Fsp3) is 0.625. The molecule has 11 heavy (non-hydrogen) atoms. The molecule has 0 atom stereocenters. The molecule has 2 nitrogen and oxygen atoms in total. The van der Waals surface area contributed by atoms with E-state index in [1.54, 1.807) is 0 Å². The lowest BCUT2D eigenvalue weighted by Gasteiger charge is -2.00. The molecule has 0 aliphatic rings. The van der Waals surface area contributed by atoms with Crippen LogP contribution in [-0.4, -0.2) is 15.3 Å². The molecule has 0 fully saturated rings. The minimum atomic E-state index is 1.03. The number of aromatic nitrogens is 2. The van der Waals surface area contributed by atoms with Crippen LogP contribution in [0.5, 0.6) is 0 Å². The van der Waals surface area contributed by atoms with Crippen LogP contribution in [0.25, 0.3) is 0 Å². The Bertz CT molecular complexity index is 230. The second-order valence-corrected chi connectivity index (χ2v) is 3.79. The molecule has 1 aromatic heterocycles. The number of hydrogen-bond donors (Lipinski definition) is 0. The lowest BCUT2D eigenvalue weighted by molar-refractivity contribution is 0.820. The third kappa shape index (κ3) is 1.99. The van der Waals surface area contributed by atoms with E-state index in [0.717, 1.165) is 11.5 Å². The summed E-state index contributed by atoms with van der Waals surface area (Å²) in [4.78, 5) is 4.29. The summed E-state index contributed by atoms with van der Waals surface area (Å²) in [5.74, 6) is 3.36. The first-order valence-corrected chi connectivity index (χ1v) is 4.96. The molecule has 1 heterocycles. The molecule has 0 amide bonds. The Morgan fingerprint density at radius 2 is 2.36 bits per heavy atom. The summed E-state index contributed by atoms with van der Waals surface area (Å²) in [6.45, 7) is 4.24. The average Bonchev–Trinajstić information content (AvgIpc) is 2.31. The summed E-state index contributed by atoms with van der Waals surface area (Å²) < 4.78 is 2.14. The Hall–Kier alpha value is -0.440. The van der Waals surface area contributed by atoms with Crippen LogP contribution in [-0.2, 0) is 12.8 Å². The summed E-state index contributed by atoms with van der Waals surface area (Å²) in [5, 5.41) is 0. The minimum absolute atomic E-state index is 1.03. The van der Waals surface area contributed by atoms with E-state index in [4.69, 9.17) is 0 Å². The summed E-state index contributed by atoms with van der Waals surface area (Å²) in [6, 6.07) is 0. The van der Waals surface area contributed by atoms with Crippen LogP contribution in [0.4, 0.5) is 0 Å². The quantitative estimate of drug-likeness (QED) is 0.690. The van der Waals surface area contributed by atoms with Crippen molar-refractivity contribution in [2.75, 3.05) is 5.75 Å². The zero-order chi connectivity index (χ0) is 8.27. The van der Waals surface area contributed by atoms with E-state index in [2.05, 4.69) is 30.4 Å². The second kappa shape index (κ2) is 3.81. The highest BCUT2D eigenvalue weighted by Crippen LogP contribution is 2.10. The monoisotopic (exact) mass is 170 g/mol. The fourth-order valence-corrected chi connectivity index (χ4v) is 1.53. The summed E-state index contributed by atoms with van der Waals surface area (Å²) in [5.41, 5.74) is 1.23. The van der Waals surface area contributed by atoms with E-state index < -0.39 is 0 Å². The van der Waals surface area contributed by atoms with Crippen LogP contribution in [0.2, 0.25) is 0 Å². The Balaban J connectivity index is 2.63. The van der Waals surface area contributed by atoms with Gasteiger partial charge in [0.15, 0.2) is 0 Å². The topological polar surface area (TPSA) is 17.8 Å². The van der Waals surface area contributed by atoms with Crippen molar-refractivity contribution < 1.29 is 0 Å². The van der Waals surface area contributed by atoms with Gasteiger partial charge in [-0.3, -0.25) is 0 Å². The standard InChI is InChI=1S/C8H14N2S/c1-4-11-6-8-9-5-7(2)10(8)3/h5H,4,6H2,1-3H3. The normalized spacial score (nSPS) is 10.5. The molecule has 0 N–H and O–H groups in total. The van der Waals surface area contributed by atoms with E-state index in [1.807, 2.05) is 18.0 Å². The van der Waals surface area contributed by atoms with E-state index in [1.165, 1.54) is 11.5 Å². The molecule has 0 saturated heterocycles. The zero-order valence-electron chi connectivity index (χ0n) is 7.29. The Morgan fingerprint density at radius 3 is 2.82 bits per heavy atom. The largest absolute Gasteiger partial charge is 0.335 e. The highest BCUT2D eigenvalue weighted by atomic mass is 32.2. The first-order valence-electron chi connectivity index (χ1n) is 3.80. The number of hydrogen-bond acceptors (Lipinski definition) is 2. The van der Waals surface area contributed by atoms with E-state index >= 15 is 0 Å². The second-order valence-electron chi connectivity index (χ2n) is 2.51. The van der Waals surface area contributed by atoms with E-state index in [9.17, 15) is 0 Å². The molecule has 0 aliphatic heterocycles. The minimum Gasteiger partial charge on any atom is -0.335 e. The maximum Gasteiger partial charge on any atom is 0.118 e. The molecule has 0 radical (unpaired) electrons. The first kappa shape index (κ1) is 8.65. The van der Waals surface area contributed by atoms with Gasteiger partial charge in [0.2, 0.25) is 0 Å². The molecule has 0 unspecified atom stereocenters. The van der Waals surface area contributed by atoms with Crippen molar-refractivity contribution in [3.05, 3.63) is 17.7 Å². The number of aryl methyl sites for hydroxylation is 1. The molecule has 0 aliphatic carbocycles. The van der Waals surface area contributed by atoms with Gasteiger partial charge in [-0.25, -0.2) is 4.98 Å². The third-order valence-electron chi connectivity index (χ3n) is 1.75. The van der Waals surface area contributed by atoms with E-state index in [0.29, 0.717) is 0 Å². The molecule has 0 spiro atoms. The highest BCUT2D eigenvalue weighted by Gasteiger charge is 2.00. The predicted molar refractivity (Wildman–Crippen MR) is 49.8 cm³/mol. The Kier molecular flexibility index (Phi) is 3.00. The molecule has 1 rings (SSSR count). The maximum absolute atomic E-state index is 4.29. The SMILES string of the molecule is CCSCc1ncc(C)n1C. The van der Waals surface area contributed by atoms with Crippen molar-refractivity contribution >= 4 is 11.8 Å². The van der Waals surface area contributed by atoms with Gasteiger partial charge in [-0.2, -0.15) is 11.8 Å². The third-order valence-corrected chi connectivity index (χ3v) is 2.62. The molecule has 3 heteroatoms. The van der Waals surface area contributed by atoms with Crippen molar-refractivity contribution in [1.29, 1.82) is 0 Å². The van der Waals surface area contributed by atoms with Crippen molar-refractivity contribution in [3.8, 4) is 0 Å². The van der Waals surface area contributed by atoms with Crippen LogP contribution < -0.4 is 0 Å². The van der Waals surface area contributed by atoms with Gasteiger partial charge >= 0.3 is 0 Å². The molecular formula is C8H14N2S. The van der Waals surface area contributed by atoms with Crippen LogP contribution >= 0.6 is 11.8 Å². The number of rotatable bonds is 3. The van der Waals surface area contributed by atoms with Crippen molar-refractivity contribution in [1.82, 2.24) is 9.55 Å². The molecule has 0 aromatic carbocycles. The zero-order valence-corrected chi connectivity index (χ0v) is 8.11. The fourth-order valence-electron chi connectivity index (χ4n) is 0.872. The van der Waals surface area contributed by atoms with Gasteiger partial charge < -0.3 is 4.57 Å². The predicted octanol–water partition coefficient (Wildman–Crippen LogP) is 1.98. The smallest absolute Gasteiger partial charge is 0.118 e. The number of nitrogens with zero attached hydrogens (tertiary/aromatic N) is 2. The van der Waals surface area contributed by atoms with Crippen LogP contribution in [0.3, 0.4) is 0 Å².